The van der Waals surface area contributed by atoms with Gasteiger partial charge in [-0.05, 0) is 85.7 Å². The predicted molar refractivity (Wildman–Crippen MR) is 164 cm³/mol. The van der Waals surface area contributed by atoms with Crippen LogP contribution in [0.25, 0.3) is 22.5 Å². The fraction of sp³-hybridized carbons (Fsp3) is 0.294. The molecule has 8 heteroatoms. The van der Waals surface area contributed by atoms with Crippen molar-refractivity contribution in [1.29, 1.82) is 0 Å². The van der Waals surface area contributed by atoms with E-state index in [2.05, 4.69) is 24.1 Å². The molecule has 1 aromatic heterocycles. The first-order valence-corrected chi connectivity index (χ1v) is 15.2. The summed E-state index contributed by atoms with van der Waals surface area (Å²) in [5, 5.41) is 14.4. The number of thioether (sulfide) groups is 1. The van der Waals surface area contributed by atoms with Crippen LogP contribution in [0, 0.1) is 6.92 Å². The molecular weight excluding hydrogens is 539 g/mol. The summed E-state index contributed by atoms with van der Waals surface area (Å²) in [6.07, 6.45) is 2.20. The van der Waals surface area contributed by atoms with Gasteiger partial charge < -0.3 is 19.6 Å². The van der Waals surface area contributed by atoms with Crippen LogP contribution in [-0.4, -0.2) is 40.9 Å². The van der Waals surface area contributed by atoms with Gasteiger partial charge in [0.05, 0.1) is 18.6 Å². The number of carboxylic acids is 1. The van der Waals surface area contributed by atoms with Gasteiger partial charge in [0.15, 0.2) is 0 Å². The van der Waals surface area contributed by atoms with Crippen LogP contribution in [0.5, 0.6) is 0 Å². The molecule has 6 nitrogen and oxygen atoms in total. The number of aliphatic carboxylic acids is 1. The molecule has 214 valence electrons. The van der Waals surface area contributed by atoms with Gasteiger partial charge >= 0.3 is 18.9 Å². The van der Waals surface area contributed by atoms with E-state index in [1.807, 2.05) is 92.0 Å². The van der Waals surface area contributed by atoms with Crippen LogP contribution in [0.2, 0.25) is 0 Å². The molecule has 0 aliphatic carbocycles. The van der Waals surface area contributed by atoms with E-state index in [9.17, 15) is 14.7 Å². The Labute approximate surface area is 265 Å². The van der Waals surface area contributed by atoms with Crippen LogP contribution in [-0.2, 0) is 17.9 Å². The molecule has 0 saturated carbocycles. The van der Waals surface area contributed by atoms with Crippen LogP contribution in [0.4, 0.5) is 0 Å². The van der Waals surface area contributed by atoms with Crippen molar-refractivity contribution < 1.29 is 38.0 Å². The third-order valence-corrected chi connectivity index (χ3v) is 7.80. The van der Waals surface area contributed by atoms with Crippen molar-refractivity contribution in [2.24, 2.45) is 0 Å². The predicted octanol–water partition coefficient (Wildman–Crippen LogP) is 2.94. The van der Waals surface area contributed by atoms with Crippen LogP contribution < -0.4 is 29.3 Å². The summed E-state index contributed by atoms with van der Waals surface area (Å²) < 4.78 is 6.18. The van der Waals surface area contributed by atoms with Gasteiger partial charge in [-0.3, -0.25) is 9.69 Å². The normalized spacial score (nSPS) is 11.8. The van der Waals surface area contributed by atoms with E-state index >= 15 is 0 Å². The average Bonchev–Trinajstić information content (AvgIpc) is 3.44. The zero-order valence-electron chi connectivity index (χ0n) is 25.1. The Hall–Kier alpha value is -3.21. The van der Waals surface area contributed by atoms with E-state index in [4.69, 9.17) is 4.42 Å². The zero-order valence-corrected chi connectivity index (χ0v) is 25.9. The number of benzene rings is 3. The van der Waals surface area contributed by atoms with E-state index in [1.165, 1.54) is 11.8 Å². The number of carbonyl (C=O) groups is 2. The molecule has 0 fully saturated rings. The first kappa shape index (κ1) is 33.3. The number of rotatable bonds is 13. The minimum atomic E-state index is -1.28. The Morgan fingerprint density at radius 3 is 2.31 bits per heavy atom. The minimum absolute atomic E-state index is 0. The van der Waals surface area contributed by atoms with Gasteiger partial charge in [-0.25, -0.2) is 0 Å². The van der Waals surface area contributed by atoms with Gasteiger partial charge in [0.25, 0.3) is 5.91 Å². The number of hydrogen-bond donors (Lipinski definition) is 1. The van der Waals surface area contributed by atoms with Crippen LogP contribution >= 0.6 is 11.8 Å². The van der Waals surface area contributed by atoms with Gasteiger partial charge in [0.2, 0.25) is 0 Å². The molecule has 1 amide bonds. The molecule has 1 unspecified atom stereocenters. The SMILES string of the molecule is CSCCC(NC(=O)c1ccc(CN(Cc2ccc(-c3ccccc3)o2)C(C)C)cc1-c1ccccc1C)C(=O)[O-].[Li+]. The van der Waals surface area contributed by atoms with Crippen molar-refractivity contribution >= 4 is 23.6 Å². The van der Waals surface area contributed by atoms with Crippen molar-refractivity contribution in [3.05, 3.63) is 107 Å². The third-order valence-electron chi connectivity index (χ3n) is 7.16. The molecule has 0 spiro atoms. The quantitative estimate of drug-likeness (QED) is 0.247. The molecule has 0 bridgehead atoms. The molecule has 42 heavy (non-hydrogen) atoms. The topological polar surface area (TPSA) is 85.6 Å². The van der Waals surface area contributed by atoms with Crippen LogP contribution in [0.15, 0.2) is 89.3 Å². The maximum Gasteiger partial charge on any atom is 1.00 e. The average molecular weight is 577 g/mol. The Bertz CT molecular complexity index is 1470. The van der Waals surface area contributed by atoms with Crippen molar-refractivity contribution in [2.75, 3.05) is 12.0 Å². The molecule has 0 aliphatic heterocycles. The second-order valence-corrected chi connectivity index (χ2v) is 11.4. The molecule has 1 N–H and O–H groups in total. The molecule has 4 aromatic rings. The van der Waals surface area contributed by atoms with Crippen molar-refractivity contribution in [2.45, 2.75) is 52.4 Å². The number of amides is 1. The summed E-state index contributed by atoms with van der Waals surface area (Å²) in [5.74, 6) is 0.633. The summed E-state index contributed by atoms with van der Waals surface area (Å²) in [4.78, 5) is 27.4. The summed E-state index contributed by atoms with van der Waals surface area (Å²) in [5.41, 5.74) is 5.26. The molecule has 3 aromatic carbocycles. The summed E-state index contributed by atoms with van der Waals surface area (Å²) in [7, 11) is 0. The van der Waals surface area contributed by atoms with Crippen LogP contribution in [0.3, 0.4) is 0 Å². The minimum Gasteiger partial charge on any atom is -0.548 e. The monoisotopic (exact) mass is 576 g/mol. The molecule has 4 rings (SSSR count). The molecule has 0 aliphatic rings. The number of nitrogens with one attached hydrogen (secondary N) is 1. The molecule has 1 heterocycles. The number of carbonyl (C=O) groups excluding carboxylic acids is 2. The van der Waals surface area contributed by atoms with E-state index < -0.39 is 17.9 Å². The first-order chi connectivity index (χ1) is 19.8. The number of aryl methyl sites for hydroxylation is 1. The van der Waals surface area contributed by atoms with E-state index in [0.717, 1.165) is 39.3 Å². The summed E-state index contributed by atoms with van der Waals surface area (Å²) in [6.45, 7) is 7.59. The van der Waals surface area contributed by atoms with Gasteiger partial charge in [-0.2, -0.15) is 11.8 Å². The maximum atomic E-state index is 13.4. The van der Waals surface area contributed by atoms with Crippen molar-refractivity contribution in [3.8, 4) is 22.5 Å². The first-order valence-electron chi connectivity index (χ1n) is 13.8. The number of hydrogen-bond acceptors (Lipinski definition) is 6. The number of carboxylic acid groups (broad SMARTS) is 1. The second-order valence-electron chi connectivity index (χ2n) is 10.5. The van der Waals surface area contributed by atoms with Gasteiger partial charge in [0.1, 0.15) is 11.5 Å². The van der Waals surface area contributed by atoms with Gasteiger partial charge in [-0.15, -0.1) is 0 Å². The molecule has 0 saturated heterocycles. The van der Waals surface area contributed by atoms with Gasteiger partial charge in [-0.1, -0.05) is 60.7 Å². The third kappa shape index (κ3) is 8.65. The zero-order chi connectivity index (χ0) is 29.4. The maximum absolute atomic E-state index is 13.4. The number of nitrogens with zero attached hydrogens (tertiary/aromatic N) is 1. The summed E-state index contributed by atoms with van der Waals surface area (Å²) in [6, 6.07) is 27.0. The Morgan fingerprint density at radius 2 is 1.64 bits per heavy atom. The largest absolute Gasteiger partial charge is 1.00 e. The molecule has 1 atom stereocenters. The molecule has 0 radical (unpaired) electrons. The van der Waals surface area contributed by atoms with E-state index in [-0.39, 0.29) is 24.9 Å². The fourth-order valence-electron chi connectivity index (χ4n) is 4.78. The Kier molecular flexibility index (Phi) is 12.6. The Morgan fingerprint density at radius 1 is 0.929 bits per heavy atom. The van der Waals surface area contributed by atoms with Crippen molar-refractivity contribution in [3.63, 3.8) is 0 Å². The van der Waals surface area contributed by atoms with E-state index in [1.54, 1.807) is 6.07 Å². The van der Waals surface area contributed by atoms with E-state index in [0.29, 0.717) is 30.8 Å². The van der Waals surface area contributed by atoms with Crippen LogP contribution in [0.1, 0.15) is 47.5 Å². The fourth-order valence-corrected chi connectivity index (χ4v) is 5.25. The molecular formula is C34H37LiN2O4S. The van der Waals surface area contributed by atoms with Gasteiger partial charge in [0, 0.05) is 23.7 Å². The second kappa shape index (κ2) is 15.9. The standard InChI is InChI=1S/C34H38N2O4S.Li/c1-23(2)36(22-27-15-17-32(40-27)26-11-6-5-7-12-26)21-25-14-16-29(30(20-25)28-13-9-8-10-24(28)3)33(37)35-31(34(38)39)18-19-41-4;/h5-17,20,23,31H,18-19,21-22H2,1-4H3,(H,35,37)(H,38,39);/q;+1/p-1. The smallest absolute Gasteiger partial charge is 0.548 e. The summed E-state index contributed by atoms with van der Waals surface area (Å²) >= 11 is 1.53. The Balaban J connectivity index is 0.00000484. The van der Waals surface area contributed by atoms with Crippen molar-refractivity contribution in [1.82, 2.24) is 10.2 Å². The number of furan rings is 1.